The third-order valence-electron chi connectivity index (χ3n) is 3.86. The average molecular weight is 406 g/mol. The second-order valence-electron chi connectivity index (χ2n) is 6.09. The number of carbonyl (C=O) groups excluding carboxylic acids is 2. The lowest BCUT2D eigenvalue weighted by Gasteiger charge is -2.13. The van der Waals surface area contributed by atoms with Crippen molar-refractivity contribution in [3.05, 3.63) is 82.9 Å². The number of nitrogens with zero attached hydrogens (tertiary/aromatic N) is 1. The van der Waals surface area contributed by atoms with Crippen molar-refractivity contribution >= 4 is 34.8 Å². The molecule has 6 nitrogen and oxygen atoms in total. The molecule has 2 N–H and O–H groups in total. The van der Waals surface area contributed by atoms with E-state index in [0.29, 0.717) is 39.0 Å². The van der Waals surface area contributed by atoms with Crippen LogP contribution >= 0.6 is 11.6 Å². The van der Waals surface area contributed by atoms with E-state index < -0.39 is 0 Å². The Hall–Kier alpha value is -3.82. The normalized spacial score (nSPS) is 9.97. The third kappa shape index (κ3) is 5.34. The van der Waals surface area contributed by atoms with Gasteiger partial charge >= 0.3 is 0 Å². The molecular weight excluding hydrogens is 390 g/mol. The van der Waals surface area contributed by atoms with E-state index in [1.807, 2.05) is 6.07 Å². The Balaban J connectivity index is 1.78. The molecule has 29 heavy (non-hydrogen) atoms. The molecule has 0 heterocycles. The van der Waals surface area contributed by atoms with E-state index in [2.05, 4.69) is 10.6 Å². The molecule has 0 aromatic heterocycles. The van der Waals surface area contributed by atoms with Gasteiger partial charge in [0.15, 0.2) is 0 Å². The largest absolute Gasteiger partial charge is 0.457 e. The summed E-state index contributed by atoms with van der Waals surface area (Å²) in [4.78, 5) is 24.1. The van der Waals surface area contributed by atoms with E-state index >= 15 is 0 Å². The highest BCUT2D eigenvalue weighted by atomic mass is 35.5. The van der Waals surface area contributed by atoms with Gasteiger partial charge in [0.2, 0.25) is 5.91 Å². The van der Waals surface area contributed by atoms with Crippen LogP contribution in [-0.4, -0.2) is 11.8 Å². The second kappa shape index (κ2) is 8.91. The molecule has 3 aromatic rings. The minimum atomic E-state index is -0.385. The summed E-state index contributed by atoms with van der Waals surface area (Å²) < 4.78 is 5.75. The Labute approximate surface area is 172 Å². The van der Waals surface area contributed by atoms with Crippen LogP contribution in [0.4, 0.5) is 11.4 Å². The lowest BCUT2D eigenvalue weighted by Crippen LogP contribution is -2.15. The first-order valence-electron chi connectivity index (χ1n) is 8.61. The lowest BCUT2D eigenvalue weighted by molar-refractivity contribution is -0.114. The number of ether oxygens (including phenoxy) is 1. The molecule has 0 aliphatic carbocycles. The Morgan fingerprint density at radius 2 is 1.69 bits per heavy atom. The van der Waals surface area contributed by atoms with Gasteiger partial charge in [-0.1, -0.05) is 17.7 Å². The topological polar surface area (TPSA) is 91.2 Å². The van der Waals surface area contributed by atoms with Crippen LogP contribution in [0.3, 0.4) is 0 Å². The molecule has 3 aromatic carbocycles. The minimum Gasteiger partial charge on any atom is -0.457 e. The number of hydrogen-bond acceptors (Lipinski definition) is 4. The zero-order valence-corrected chi connectivity index (χ0v) is 16.2. The van der Waals surface area contributed by atoms with Gasteiger partial charge in [0.1, 0.15) is 11.5 Å². The molecule has 3 rings (SSSR count). The van der Waals surface area contributed by atoms with Crippen molar-refractivity contribution < 1.29 is 14.3 Å². The number of carbonyl (C=O) groups is 2. The number of anilines is 2. The predicted octanol–water partition coefficient (Wildman–Crippen LogP) is 5.21. The summed E-state index contributed by atoms with van der Waals surface area (Å²) in [6.07, 6.45) is 0. The number of nitriles is 1. The molecule has 7 heteroatoms. The fraction of sp³-hybridized carbons (Fsp3) is 0.0455. The first kappa shape index (κ1) is 19.9. The van der Waals surface area contributed by atoms with Crippen molar-refractivity contribution in [1.29, 1.82) is 5.26 Å². The minimum absolute atomic E-state index is 0.263. The molecule has 144 valence electrons. The van der Waals surface area contributed by atoms with Crippen molar-refractivity contribution in [2.24, 2.45) is 0 Å². The van der Waals surface area contributed by atoms with Gasteiger partial charge in [-0.05, 0) is 60.7 Å². The van der Waals surface area contributed by atoms with Gasteiger partial charge in [0.05, 0.1) is 23.0 Å². The highest BCUT2D eigenvalue weighted by Gasteiger charge is 2.12. The van der Waals surface area contributed by atoms with Crippen LogP contribution in [0.5, 0.6) is 11.5 Å². The van der Waals surface area contributed by atoms with Crippen molar-refractivity contribution in [1.82, 2.24) is 0 Å². The molecule has 0 fully saturated rings. The Kier molecular flexibility index (Phi) is 6.12. The van der Waals surface area contributed by atoms with E-state index in [1.165, 1.54) is 6.92 Å². The fourth-order valence-corrected chi connectivity index (χ4v) is 2.72. The molecule has 0 spiro atoms. The number of halogens is 1. The highest BCUT2D eigenvalue weighted by Crippen LogP contribution is 2.27. The monoisotopic (exact) mass is 405 g/mol. The van der Waals surface area contributed by atoms with Gasteiger partial charge in [0.25, 0.3) is 5.91 Å². The highest BCUT2D eigenvalue weighted by molar-refractivity contribution is 6.31. The zero-order valence-electron chi connectivity index (χ0n) is 15.4. The molecule has 0 aliphatic rings. The summed E-state index contributed by atoms with van der Waals surface area (Å²) >= 11 is 6.02. The van der Waals surface area contributed by atoms with Crippen LogP contribution in [0.1, 0.15) is 22.8 Å². The van der Waals surface area contributed by atoms with Crippen LogP contribution in [0.25, 0.3) is 0 Å². The summed E-state index contributed by atoms with van der Waals surface area (Å²) in [5.41, 5.74) is 1.73. The number of nitrogens with one attached hydrogen (secondary N) is 2. The first-order chi connectivity index (χ1) is 13.9. The van der Waals surface area contributed by atoms with Crippen molar-refractivity contribution in [3.8, 4) is 17.6 Å². The third-order valence-corrected chi connectivity index (χ3v) is 4.09. The number of benzene rings is 3. The summed E-state index contributed by atoms with van der Waals surface area (Å²) in [6.45, 7) is 1.38. The predicted molar refractivity (Wildman–Crippen MR) is 111 cm³/mol. The Bertz CT molecular complexity index is 1110. The van der Waals surface area contributed by atoms with E-state index in [-0.39, 0.29) is 11.8 Å². The summed E-state index contributed by atoms with van der Waals surface area (Å²) in [7, 11) is 0. The van der Waals surface area contributed by atoms with E-state index in [9.17, 15) is 9.59 Å². The Morgan fingerprint density at radius 1 is 0.931 bits per heavy atom. The van der Waals surface area contributed by atoms with Crippen LogP contribution < -0.4 is 15.4 Å². The second-order valence-corrected chi connectivity index (χ2v) is 6.53. The lowest BCUT2D eigenvalue weighted by atomic mass is 10.2. The average Bonchev–Trinajstić information content (AvgIpc) is 2.70. The summed E-state index contributed by atoms with van der Waals surface area (Å²) in [5.74, 6) is 0.365. The molecule has 2 amide bonds. The van der Waals surface area contributed by atoms with Crippen LogP contribution in [0, 0.1) is 11.3 Å². The molecule has 0 radical (unpaired) electrons. The van der Waals surface area contributed by atoms with Gasteiger partial charge in [-0.3, -0.25) is 9.59 Å². The van der Waals surface area contributed by atoms with Crippen molar-refractivity contribution in [2.75, 3.05) is 10.6 Å². The van der Waals surface area contributed by atoms with Crippen LogP contribution in [0.2, 0.25) is 5.02 Å². The summed E-state index contributed by atoms with van der Waals surface area (Å²) in [5, 5.41) is 14.7. The van der Waals surface area contributed by atoms with Gasteiger partial charge in [-0.25, -0.2) is 0 Å². The molecule has 0 atom stereocenters. The first-order valence-corrected chi connectivity index (χ1v) is 8.99. The summed E-state index contributed by atoms with van der Waals surface area (Å²) in [6, 6.07) is 20.1. The smallest absolute Gasteiger partial charge is 0.255 e. The number of hydrogen-bond donors (Lipinski definition) is 2. The standard InChI is InChI=1S/C22H16ClN3O3/c1-14(27)25-20-10-7-17(23)12-21(20)26-22(28)16-3-2-4-19(11-16)29-18-8-5-15(13-24)6-9-18/h2-12H,1H3,(H,25,27)(H,26,28). The molecule has 0 bridgehead atoms. The molecule has 0 saturated heterocycles. The van der Waals surface area contributed by atoms with Gasteiger partial charge < -0.3 is 15.4 Å². The molecule has 0 unspecified atom stereocenters. The van der Waals surface area contributed by atoms with Crippen molar-refractivity contribution in [3.63, 3.8) is 0 Å². The maximum atomic E-state index is 12.7. The Morgan fingerprint density at radius 3 is 2.38 bits per heavy atom. The van der Waals surface area contributed by atoms with Crippen LogP contribution in [-0.2, 0) is 4.79 Å². The molecule has 0 aliphatic heterocycles. The fourth-order valence-electron chi connectivity index (χ4n) is 2.55. The number of rotatable bonds is 5. The number of amides is 2. The van der Waals surface area contributed by atoms with Crippen LogP contribution in [0.15, 0.2) is 66.7 Å². The molecular formula is C22H16ClN3O3. The van der Waals surface area contributed by atoms with Gasteiger partial charge in [0, 0.05) is 17.5 Å². The van der Waals surface area contributed by atoms with E-state index in [1.54, 1.807) is 66.7 Å². The van der Waals surface area contributed by atoms with Gasteiger partial charge in [-0.15, -0.1) is 0 Å². The maximum absolute atomic E-state index is 12.7. The maximum Gasteiger partial charge on any atom is 0.255 e. The SMILES string of the molecule is CC(=O)Nc1ccc(Cl)cc1NC(=O)c1cccc(Oc2ccc(C#N)cc2)c1. The van der Waals surface area contributed by atoms with Gasteiger partial charge in [-0.2, -0.15) is 5.26 Å². The van der Waals surface area contributed by atoms with E-state index in [4.69, 9.17) is 21.6 Å². The van der Waals surface area contributed by atoms with Crippen molar-refractivity contribution in [2.45, 2.75) is 6.92 Å². The quantitative estimate of drug-likeness (QED) is 0.609. The zero-order chi connectivity index (χ0) is 20.8. The molecule has 0 saturated carbocycles. The van der Waals surface area contributed by atoms with E-state index in [0.717, 1.165) is 0 Å².